The highest BCUT2D eigenvalue weighted by molar-refractivity contribution is 5.79. The summed E-state index contributed by atoms with van der Waals surface area (Å²) in [6, 6.07) is 0.265. The maximum Gasteiger partial charge on any atom is 0.223 e. The average Bonchev–Trinajstić information content (AvgIpc) is 2.30. The lowest BCUT2D eigenvalue weighted by atomic mass is 10.0. The van der Waals surface area contributed by atoms with Gasteiger partial charge in [0.1, 0.15) is 0 Å². The molecule has 70 valence electrons. The van der Waals surface area contributed by atoms with Crippen molar-refractivity contribution >= 4 is 5.91 Å². The van der Waals surface area contributed by atoms with Gasteiger partial charge in [-0.15, -0.1) is 0 Å². The molecule has 1 unspecified atom stereocenters. The van der Waals surface area contributed by atoms with Crippen LogP contribution in [-0.4, -0.2) is 34.6 Å². The van der Waals surface area contributed by atoms with Gasteiger partial charge in [-0.1, -0.05) is 0 Å². The largest absolute Gasteiger partial charge is 0.393 e. The molecule has 1 saturated heterocycles. The molecule has 2 atom stereocenters. The van der Waals surface area contributed by atoms with Crippen molar-refractivity contribution in [3.8, 4) is 0 Å². The van der Waals surface area contributed by atoms with E-state index in [0.717, 1.165) is 0 Å². The van der Waals surface area contributed by atoms with Crippen LogP contribution >= 0.6 is 0 Å². The van der Waals surface area contributed by atoms with Crippen molar-refractivity contribution in [2.45, 2.75) is 39.3 Å². The van der Waals surface area contributed by atoms with Crippen molar-refractivity contribution < 1.29 is 9.90 Å². The molecule has 3 nitrogen and oxygen atoms in total. The van der Waals surface area contributed by atoms with Crippen molar-refractivity contribution in [2.24, 2.45) is 5.92 Å². The van der Waals surface area contributed by atoms with Gasteiger partial charge in [0.25, 0.3) is 0 Å². The maximum absolute atomic E-state index is 11.3. The van der Waals surface area contributed by atoms with Crippen molar-refractivity contribution in [2.75, 3.05) is 6.54 Å². The molecule has 3 heteroatoms. The summed E-state index contributed by atoms with van der Waals surface area (Å²) in [4.78, 5) is 13.2. The SMILES string of the molecule is CC(O)[C@@H]1CC(=O)N(C(C)C)C1. The van der Waals surface area contributed by atoms with Crippen LogP contribution in [0.1, 0.15) is 27.2 Å². The van der Waals surface area contributed by atoms with Crippen LogP contribution in [0.3, 0.4) is 0 Å². The third kappa shape index (κ3) is 1.78. The minimum atomic E-state index is -0.363. The first kappa shape index (κ1) is 9.52. The van der Waals surface area contributed by atoms with Crippen LogP contribution < -0.4 is 0 Å². The van der Waals surface area contributed by atoms with Gasteiger partial charge in [0.05, 0.1) is 6.10 Å². The second-order valence-electron chi connectivity index (χ2n) is 3.84. The van der Waals surface area contributed by atoms with E-state index in [4.69, 9.17) is 0 Å². The molecule has 1 fully saturated rings. The molecule has 0 aromatic rings. The number of carbonyl (C=O) groups excluding carboxylic acids is 1. The van der Waals surface area contributed by atoms with Gasteiger partial charge < -0.3 is 10.0 Å². The molecule has 12 heavy (non-hydrogen) atoms. The van der Waals surface area contributed by atoms with Crippen molar-refractivity contribution in [1.29, 1.82) is 0 Å². The highest BCUT2D eigenvalue weighted by Crippen LogP contribution is 2.22. The molecule has 1 rings (SSSR count). The van der Waals surface area contributed by atoms with Gasteiger partial charge in [0.2, 0.25) is 5.91 Å². The summed E-state index contributed by atoms with van der Waals surface area (Å²) < 4.78 is 0. The Morgan fingerprint density at radius 2 is 2.08 bits per heavy atom. The molecule has 0 aromatic heterocycles. The van der Waals surface area contributed by atoms with E-state index in [-0.39, 0.29) is 24.0 Å². The van der Waals surface area contributed by atoms with E-state index in [9.17, 15) is 9.90 Å². The monoisotopic (exact) mass is 171 g/mol. The zero-order chi connectivity index (χ0) is 9.30. The van der Waals surface area contributed by atoms with Gasteiger partial charge in [-0.3, -0.25) is 4.79 Å². The van der Waals surface area contributed by atoms with Crippen LogP contribution in [0.5, 0.6) is 0 Å². The Morgan fingerprint density at radius 1 is 1.50 bits per heavy atom. The Balaban J connectivity index is 2.56. The van der Waals surface area contributed by atoms with E-state index in [1.807, 2.05) is 18.7 Å². The minimum absolute atomic E-state index is 0.139. The minimum Gasteiger partial charge on any atom is -0.393 e. The molecule has 1 amide bonds. The number of nitrogens with zero attached hydrogens (tertiary/aromatic N) is 1. The molecule has 0 saturated carbocycles. The zero-order valence-corrected chi connectivity index (χ0v) is 7.95. The quantitative estimate of drug-likeness (QED) is 0.661. The van der Waals surface area contributed by atoms with Crippen molar-refractivity contribution in [3.63, 3.8) is 0 Å². The van der Waals surface area contributed by atoms with E-state index in [1.54, 1.807) is 6.92 Å². The third-order valence-electron chi connectivity index (χ3n) is 2.49. The van der Waals surface area contributed by atoms with Crippen molar-refractivity contribution in [1.82, 2.24) is 4.90 Å². The lowest BCUT2D eigenvalue weighted by Gasteiger charge is -2.21. The number of hydrogen-bond acceptors (Lipinski definition) is 2. The number of aliphatic hydroxyl groups is 1. The van der Waals surface area contributed by atoms with Crippen LogP contribution in [0.2, 0.25) is 0 Å². The Labute approximate surface area is 73.4 Å². The Morgan fingerprint density at radius 3 is 2.33 bits per heavy atom. The summed E-state index contributed by atoms with van der Waals surface area (Å²) in [6.07, 6.45) is 0.147. The predicted octanol–water partition coefficient (Wildman–Crippen LogP) is 0.624. The molecule has 0 bridgehead atoms. The lowest BCUT2D eigenvalue weighted by Crippen LogP contribution is -2.32. The Bertz CT molecular complexity index is 177. The summed E-state index contributed by atoms with van der Waals surface area (Å²) in [5, 5.41) is 9.29. The normalized spacial score (nSPS) is 26.9. The molecule has 1 aliphatic rings. The van der Waals surface area contributed by atoms with Crippen LogP contribution in [0, 0.1) is 5.92 Å². The number of rotatable bonds is 2. The van der Waals surface area contributed by atoms with Gasteiger partial charge in [-0.2, -0.15) is 0 Å². The van der Waals surface area contributed by atoms with E-state index in [1.165, 1.54) is 0 Å². The van der Waals surface area contributed by atoms with E-state index in [2.05, 4.69) is 0 Å². The van der Waals surface area contributed by atoms with Crippen molar-refractivity contribution in [3.05, 3.63) is 0 Å². The predicted molar refractivity (Wildman–Crippen MR) is 46.6 cm³/mol. The molecule has 0 aromatic carbocycles. The second kappa shape index (κ2) is 3.44. The van der Waals surface area contributed by atoms with Gasteiger partial charge in [0, 0.05) is 24.9 Å². The first-order valence-corrected chi connectivity index (χ1v) is 4.50. The number of amides is 1. The first-order valence-electron chi connectivity index (χ1n) is 4.50. The molecule has 1 N–H and O–H groups in total. The highest BCUT2D eigenvalue weighted by Gasteiger charge is 2.33. The standard InChI is InChI=1S/C9H17NO2/c1-6(2)10-5-8(7(3)11)4-9(10)12/h6-8,11H,4-5H2,1-3H3/t7?,8-/m1/s1. The average molecular weight is 171 g/mol. The van der Waals surface area contributed by atoms with Gasteiger partial charge in [0.15, 0.2) is 0 Å². The van der Waals surface area contributed by atoms with Gasteiger partial charge >= 0.3 is 0 Å². The van der Waals surface area contributed by atoms with Crippen LogP contribution in [-0.2, 0) is 4.79 Å². The van der Waals surface area contributed by atoms with Crippen LogP contribution in [0.15, 0.2) is 0 Å². The fraction of sp³-hybridized carbons (Fsp3) is 0.889. The molecular formula is C9H17NO2. The number of carbonyl (C=O) groups is 1. The smallest absolute Gasteiger partial charge is 0.223 e. The van der Waals surface area contributed by atoms with Crippen LogP contribution in [0.25, 0.3) is 0 Å². The zero-order valence-electron chi connectivity index (χ0n) is 7.95. The van der Waals surface area contributed by atoms with E-state index < -0.39 is 0 Å². The molecular weight excluding hydrogens is 154 g/mol. The highest BCUT2D eigenvalue weighted by atomic mass is 16.3. The lowest BCUT2D eigenvalue weighted by molar-refractivity contribution is -0.129. The summed E-state index contributed by atoms with van der Waals surface area (Å²) in [5.74, 6) is 0.316. The third-order valence-corrected chi connectivity index (χ3v) is 2.49. The fourth-order valence-corrected chi connectivity index (χ4v) is 1.58. The topological polar surface area (TPSA) is 40.5 Å². The van der Waals surface area contributed by atoms with Crippen LogP contribution in [0.4, 0.5) is 0 Å². The Hall–Kier alpha value is -0.570. The second-order valence-corrected chi connectivity index (χ2v) is 3.84. The van der Waals surface area contributed by atoms with Gasteiger partial charge in [-0.05, 0) is 20.8 Å². The Kier molecular flexibility index (Phi) is 2.73. The fourth-order valence-electron chi connectivity index (χ4n) is 1.58. The van der Waals surface area contributed by atoms with E-state index in [0.29, 0.717) is 13.0 Å². The summed E-state index contributed by atoms with van der Waals surface area (Å²) in [6.45, 7) is 6.47. The summed E-state index contributed by atoms with van der Waals surface area (Å²) in [5.41, 5.74) is 0. The number of likely N-dealkylation sites (tertiary alicyclic amines) is 1. The van der Waals surface area contributed by atoms with E-state index >= 15 is 0 Å². The summed E-state index contributed by atoms with van der Waals surface area (Å²) in [7, 11) is 0. The number of hydrogen-bond donors (Lipinski definition) is 1. The molecule has 1 aliphatic heterocycles. The summed E-state index contributed by atoms with van der Waals surface area (Å²) >= 11 is 0. The first-order chi connectivity index (χ1) is 5.52. The molecule has 0 spiro atoms. The van der Waals surface area contributed by atoms with Gasteiger partial charge in [-0.25, -0.2) is 0 Å². The number of aliphatic hydroxyl groups excluding tert-OH is 1. The molecule has 1 heterocycles. The molecule has 0 aliphatic carbocycles. The maximum atomic E-state index is 11.3. The molecule has 0 radical (unpaired) electrons.